The predicted molar refractivity (Wildman–Crippen MR) is 64.2 cm³/mol. The largest absolute Gasteiger partial charge is 0.384 e. The van der Waals surface area contributed by atoms with E-state index in [-0.39, 0.29) is 0 Å². The lowest BCUT2D eigenvalue weighted by atomic mass is 10.5. The zero-order chi connectivity index (χ0) is 10.9. The van der Waals surface area contributed by atoms with E-state index in [1.165, 1.54) is 0 Å². The van der Waals surface area contributed by atoms with E-state index in [0.717, 1.165) is 36.2 Å². The SMILES string of the molecule is CCNc1cnc(CSCCOC)cn1. The minimum absolute atomic E-state index is 0.785. The number of anilines is 1. The smallest absolute Gasteiger partial charge is 0.144 e. The average Bonchev–Trinajstić information content (AvgIpc) is 2.27. The number of nitrogens with one attached hydrogen (secondary N) is 1. The maximum absolute atomic E-state index is 4.96. The summed E-state index contributed by atoms with van der Waals surface area (Å²) in [5, 5.41) is 3.11. The first kappa shape index (κ1) is 12.3. The lowest BCUT2D eigenvalue weighted by Gasteiger charge is -2.03. The highest BCUT2D eigenvalue weighted by Crippen LogP contribution is 2.09. The Balaban J connectivity index is 2.29. The molecule has 0 aromatic carbocycles. The molecule has 5 heteroatoms. The number of thioether (sulfide) groups is 1. The molecule has 0 unspecified atom stereocenters. The van der Waals surface area contributed by atoms with Crippen molar-refractivity contribution in [1.29, 1.82) is 0 Å². The molecule has 0 saturated carbocycles. The van der Waals surface area contributed by atoms with Gasteiger partial charge in [-0.15, -0.1) is 0 Å². The molecule has 0 bridgehead atoms. The van der Waals surface area contributed by atoms with E-state index in [4.69, 9.17) is 4.74 Å². The van der Waals surface area contributed by atoms with Crippen molar-refractivity contribution in [1.82, 2.24) is 9.97 Å². The van der Waals surface area contributed by atoms with Gasteiger partial charge in [-0.3, -0.25) is 4.98 Å². The summed E-state index contributed by atoms with van der Waals surface area (Å²) in [7, 11) is 1.71. The fourth-order valence-corrected chi connectivity index (χ4v) is 1.81. The monoisotopic (exact) mass is 227 g/mol. The first-order valence-corrected chi connectivity index (χ1v) is 6.13. The van der Waals surface area contributed by atoms with Gasteiger partial charge in [0, 0.05) is 25.2 Å². The number of rotatable bonds is 7. The van der Waals surface area contributed by atoms with Gasteiger partial charge < -0.3 is 10.1 Å². The molecule has 1 aromatic heterocycles. The Kier molecular flexibility index (Phi) is 6.11. The van der Waals surface area contributed by atoms with Crippen LogP contribution in [0.25, 0.3) is 0 Å². The number of methoxy groups -OCH3 is 1. The van der Waals surface area contributed by atoms with Crippen LogP contribution in [0.1, 0.15) is 12.6 Å². The minimum Gasteiger partial charge on any atom is -0.384 e. The molecular formula is C10H17N3OS. The van der Waals surface area contributed by atoms with E-state index in [9.17, 15) is 0 Å². The quantitative estimate of drug-likeness (QED) is 0.720. The highest BCUT2D eigenvalue weighted by Gasteiger charge is 1.97. The third-order valence-electron chi connectivity index (χ3n) is 1.74. The Hall–Kier alpha value is -0.810. The van der Waals surface area contributed by atoms with Crippen molar-refractivity contribution < 1.29 is 4.74 Å². The summed E-state index contributed by atoms with van der Waals surface area (Å²) in [6.45, 7) is 3.69. The second-order valence-electron chi connectivity index (χ2n) is 2.97. The molecule has 4 nitrogen and oxygen atoms in total. The van der Waals surface area contributed by atoms with E-state index >= 15 is 0 Å². The maximum atomic E-state index is 4.96. The van der Waals surface area contributed by atoms with E-state index in [0.29, 0.717) is 0 Å². The second-order valence-corrected chi connectivity index (χ2v) is 4.07. The van der Waals surface area contributed by atoms with Gasteiger partial charge in [-0.05, 0) is 6.92 Å². The van der Waals surface area contributed by atoms with Gasteiger partial charge in [0.1, 0.15) is 5.82 Å². The Morgan fingerprint density at radius 1 is 1.40 bits per heavy atom. The first-order valence-electron chi connectivity index (χ1n) is 4.98. The number of hydrogen-bond donors (Lipinski definition) is 1. The van der Waals surface area contributed by atoms with Gasteiger partial charge in [0.05, 0.1) is 24.7 Å². The predicted octanol–water partition coefficient (Wildman–Crippen LogP) is 1.79. The summed E-state index contributed by atoms with van der Waals surface area (Å²) in [6, 6.07) is 0. The van der Waals surface area contributed by atoms with E-state index in [2.05, 4.69) is 15.3 Å². The van der Waals surface area contributed by atoms with Crippen LogP contribution >= 0.6 is 11.8 Å². The molecule has 0 radical (unpaired) electrons. The molecule has 84 valence electrons. The lowest BCUT2D eigenvalue weighted by molar-refractivity contribution is 0.218. The molecular weight excluding hydrogens is 210 g/mol. The third-order valence-corrected chi connectivity index (χ3v) is 2.70. The van der Waals surface area contributed by atoms with E-state index in [1.807, 2.05) is 13.1 Å². The molecule has 1 N–H and O–H groups in total. The normalized spacial score (nSPS) is 10.3. The number of aromatic nitrogens is 2. The van der Waals surface area contributed by atoms with Crippen LogP contribution in [0.2, 0.25) is 0 Å². The van der Waals surface area contributed by atoms with Crippen LogP contribution in [-0.4, -0.2) is 36.0 Å². The molecule has 15 heavy (non-hydrogen) atoms. The van der Waals surface area contributed by atoms with Crippen LogP contribution in [0.4, 0.5) is 5.82 Å². The van der Waals surface area contributed by atoms with Crippen molar-refractivity contribution in [3.63, 3.8) is 0 Å². The lowest BCUT2D eigenvalue weighted by Crippen LogP contribution is -2.01. The van der Waals surface area contributed by atoms with Gasteiger partial charge >= 0.3 is 0 Å². The van der Waals surface area contributed by atoms with Crippen molar-refractivity contribution in [2.75, 3.05) is 31.3 Å². The summed E-state index contributed by atoms with van der Waals surface area (Å²) in [5.74, 6) is 2.72. The molecule has 1 heterocycles. The second kappa shape index (κ2) is 7.48. The number of hydrogen-bond acceptors (Lipinski definition) is 5. The molecule has 0 aliphatic carbocycles. The van der Waals surface area contributed by atoms with E-state index in [1.54, 1.807) is 25.1 Å². The van der Waals surface area contributed by atoms with Crippen LogP contribution < -0.4 is 5.32 Å². The van der Waals surface area contributed by atoms with Crippen molar-refractivity contribution in [3.05, 3.63) is 18.1 Å². The van der Waals surface area contributed by atoms with Crippen LogP contribution in [0.5, 0.6) is 0 Å². The summed E-state index contributed by atoms with van der Waals surface area (Å²) >= 11 is 1.80. The molecule has 0 fully saturated rings. The summed E-state index contributed by atoms with van der Waals surface area (Å²) < 4.78 is 4.96. The summed E-state index contributed by atoms with van der Waals surface area (Å²) in [5.41, 5.74) is 1.01. The molecule has 0 aliphatic rings. The molecule has 0 aliphatic heterocycles. The molecule has 0 amide bonds. The zero-order valence-electron chi connectivity index (χ0n) is 9.19. The van der Waals surface area contributed by atoms with Crippen LogP contribution in [0.3, 0.4) is 0 Å². The van der Waals surface area contributed by atoms with Gasteiger partial charge in [0.15, 0.2) is 0 Å². The Labute approximate surface area is 94.8 Å². The minimum atomic E-state index is 0.785. The molecule has 1 aromatic rings. The van der Waals surface area contributed by atoms with Gasteiger partial charge in [0.2, 0.25) is 0 Å². The van der Waals surface area contributed by atoms with Crippen LogP contribution in [-0.2, 0) is 10.5 Å². The highest BCUT2D eigenvalue weighted by molar-refractivity contribution is 7.98. The Bertz CT molecular complexity index is 266. The van der Waals surface area contributed by atoms with Crippen molar-refractivity contribution in [2.45, 2.75) is 12.7 Å². The Morgan fingerprint density at radius 3 is 2.87 bits per heavy atom. The molecule has 0 atom stereocenters. The van der Waals surface area contributed by atoms with E-state index < -0.39 is 0 Å². The van der Waals surface area contributed by atoms with Crippen molar-refractivity contribution >= 4 is 17.6 Å². The standard InChI is InChI=1S/C10H17N3OS/c1-3-11-10-7-12-9(6-13-10)8-15-5-4-14-2/h6-7H,3-5,8H2,1-2H3,(H,11,13). The Morgan fingerprint density at radius 2 is 2.27 bits per heavy atom. The third kappa shape index (κ3) is 4.99. The van der Waals surface area contributed by atoms with Gasteiger partial charge in [0.25, 0.3) is 0 Å². The van der Waals surface area contributed by atoms with Gasteiger partial charge in [-0.25, -0.2) is 4.98 Å². The van der Waals surface area contributed by atoms with Crippen molar-refractivity contribution in [3.8, 4) is 0 Å². The van der Waals surface area contributed by atoms with Crippen LogP contribution in [0, 0.1) is 0 Å². The highest BCUT2D eigenvalue weighted by atomic mass is 32.2. The van der Waals surface area contributed by atoms with Gasteiger partial charge in [-0.1, -0.05) is 0 Å². The number of ether oxygens (including phenoxy) is 1. The topological polar surface area (TPSA) is 47.0 Å². The molecule has 0 spiro atoms. The van der Waals surface area contributed by atoms with Crippen LogP contribution in [0.15, 0.2) is 12.4 Å². The first-order chi connectivity index (χ1) is 7.36. The zero-order valence-corrected chi connectivity index (χ0v) is 10.0. The fourth-order valence-electron chi connectivity index (χ4n) is 1.02. The van der Waals surface area contributed by atoms with Crippen molar-refractivity contribution in [2.24, 2.45) is 0 Å². The summed E-state index contributed by atoms with van der Waals surface area (Å²) in [4.78, 5) is 8.56. The summed E-state index contributed by atoms with van der Waals surface area (Å²) in [6.07, 6.45) is 3.59. The molecule has 1 rings (SSSR count). The maximum Gasteiger partial charge on any atom is 0.144 e. The average molecular weight is 227 g/mol. The molecule has 0 saturated heterocycles. The fraction of sp³-hybridized carbons (Fsp3) is 0.600. The number of nitrogens with zero attached hydrogens (tertiary/aromatic N) is 2. The van der Waals surface area contributed by atoms with Gasteiger partial charge in [-0.2, -0.15) is 11.8 Å².